The third-order valence-electron chi connectivity index (χ3n) is 10.3. The van der Waals surface area contributed by atoms with Gasteiger partial charge in [0.25, 0.3) is 5.91 Å². The molecule has 3 aliphatic rings. The fourth-order valence-electron chi connectivity index (χ4n) is 8.01. The zero-order valence-electron chi connectivity index (χ0n) is 30.0. The normalized spacial score (nSPS) is 25.4. The predicted molar refractivity (Wildman–Crippen MR) is 205 cm³/mol. The number of carbonyl (C=O) groups excluding carboxylic acids is 4. The summed E-state index contributed by atoms with van der Waals surface area (Å²) in [5.74, 6) is -3.63. The number of allylic oxidation sites excluding steroid dienone is 1. The first-order valence-electron chi connectivity index (χ1n) is 18.2. The second-order valence-corrected chi connectivity index (χ2v) is 15.4. The number of hydrogen-bond donors (Lipinski definition) is 2. The lowest BCUT2D eigenvalue weighted by molar-refractivity contribution is -0.163. The van der Waals surface area contributed by atoms with Crippen molar-refractivity contribution in [3.8, 4) is 0 Å². The molecule has 3 aliphatic heterocycles. The van der Waals surface area contributed by atoms with Crippen LogP contribution in [0.2, 0.25) is 5.02 Å². The van der Waals surface area contributed by atoms with E-state index in [1.807, 2.05) is 30.3 Å². The fraction of sp³-hybridized carbons (Fsp3) is 0.500. The van der Waals surface area contributed by atoms with Crippen LogP contribution in [0.3, 0.4) is 0 Å². The van der Waals surface area contributed by atoms with Gasteiger partial charge in [0.15, 0.2) is 0 Å². The van der Waals surface area contributed by atoms with Crippen molar-refractivity contribution in [3.05, 3.63) is 90.5 Å². The van der Waals surface area contributed by atoms with E-state index in [1.54, 1.807) is 46.2 Å². The molecule has 3 amide bonds. The van der Waals surface area contributed by atoms with Gasteiger partial charge in [-0.15, -0.1) is 13.2 Å². The van der Waals surface area contributed by atoms with E-state index in [0.29, 0.717) is 42.0 Å². The van der Waals surface area contributed by atoms with E-state index in [-0.39, 0.29) is 55.3 Å². The molecule has 53 heavy (non-hydrogen) atoms. The van der Waals surface area contributed by atoms with Gasteiger partial charge in [0.05, 0.1) is 30.6 Å². The summed E-state index contributed by atoms with van der Waals surface area (Å²) in [6, 6.07) is 14.2. The van der Waals surface area contributed by atoms with Crippen LogP contribution in [0, 0.1) is 11.8 Å². The van der Waals surface area contributed by atoms with Crippen molar-refractivity contribution in [2.24, 2.45) is 11.8 Å². The van der Waals surface area contributed by atoms with Gasteiger partial charge in [-0.2, -0.15) is 0 Å². The van der Waals surface area contributed by atoms with Gasteiger partial charge >= 0.3 is 5.97 Å². The van der Waals surface area contributed by atoms with E-state index >= 15 is 0 Å². The summed E-state index contributed by atoms with van der Waals surface area (Å²) in [5.41, 5.74) is -0.0985. The first kappa shape index (κ1) is 40.6. The molecular weight excluding hydrogens is 766 g/mol. The smallest absolute Gasteiger partial charge is 0.313 e. The average Bonchev–Trinajstić information content (AvgIpc) is 3.75. The predicted octanol–water partition coefficient (Wildman–Crippen LogP) is 5.54. The minimum Gasteiger partial charge on any atom is -0.455 e. The molecule has 286 valence electrons. The van der Waals surface area contributed by atoms with E-state index in [1.165, 1.54) is 7.11 Å². The number of carbonyl (C=O) groups is 4. The highest BCUT2D eigenvalue weighted by Gasteiger charge is 2.77. The van der Waals surface area contributed by atoms with Crippen LogP contribution in [0.1, 0.15) is 56.6 Å². The number of hydrogen-bond acceptors (Lipinski definition) is 8. The molecule has 11 nitrogen and oxygen atoms in total. The van der Waals surface area contributed by atoms with Crippen molar-refractivity contribution in [2.45, 2.75) is 79.7 Å². The first-order valence-corrected chi connectivity index (χ1v) is 19.5. The lowest BCUT2D eigenvalue weighted by atomic mass is 9.70. The van der Waals surface area contributed by atoms with Gasteiger partial charge in [-0.1, -0.05) is 82.9 Å². The zero-order chi connectivity index (χ0) is 38.1. The van der Waals surface area contributed by atoms with Gasteiger partial charge in [-0.3, -0.25) is 19.2 Å². The second kappa shape index (κ2) is 18.7. The third kappa shape index (κ3) is 8.73. The number of anilines is 1. The van der Waals surface area contributed by atoms with Crippen LogP contribution in [0.5, 0.6) is 0 Å². The summed E-state index contributed by atoms with van der Waals surface area (Å²) >= 11 is 9.93. The molecule has 13 heteroatoms. The number of rotatable bonds is 20. The van der Waals surface area contributed by atoms with E-state index in [0.717, 1.165) is 12.8 Å². The number of halogens is 2. The maximum absolute atomic E-state index is 14.9. The molecule has 0 aromatic heterocycles. The molecule has 1 spiro atoms. The summed E-state index contributed by atoms with van der Waals surface area (Å²) in [6.07, 6.45) is 5.31. The quantitative estimate of drug-likeness (QED) is 0.0771. The summed E-state index contributed by atoms with van der Waals surface area (Å²) in [6.45, 7) is 8.13. The number of amides is 3. The molecule has 2 aromatic rings. The van der Waals surface area contributed by atoms with Crippen molar-refractivity contribution in [2.75, 3.05) is 38.3 Å². The van der Waals surface area contributed by atoms with Crippen molar-refractivity contribution in [3.63, 3.8) is 0 Å². The SMILES string of the molecule is C=CCCC(=O)N[C@H](COC)[C@H](OC(=O)[C@@H]1[C@H]2O[C@@]3(CC2Br)[C@H](C(=O)N(CC=C)c2ccc(Cl)cc2)N(CCCCCCO)C(=O)[C@@H]13)c1ccccc1. The minimum atomic E-state index is -1.32. The first-order chi connectivity index (χ1) is 25.6. The number of nitrogens with one attached hydrogen (secondary N) is 1. The Bertz CT molecular complexity index is 1610. The average molecular weight is 815 g/mol. The fourth-order valence-corrected chi connectivity index (χ4v) is 9.08. The summed E-state index contributed by atoms with van der Waals surface area (Å²) < 4.78 is 18.6. The Hall–Kier alpha value is -3.55. The number of aliphatic hydroxyl groups excluding tert-OH is 1. The number of methoxy groups -OCH3 is 1. The molecule has 3 heterocycles. The molecule has 3 saturated heterocycles. The highest BCUT2D eigenvalue weighted by atomic mass is 79.9. The topological polar surface area (TPSA) is 135 Å². The minimum absolute atomic E-state index is 0.0507. The number of aliphatic hydroxyl groups is 1. The molecule has 5 rings (SSSR count). The molecule has 0 aliphatic carbocycles. The van der Waals surface area contributed by atoms with Crippen LogP contribution in [-0.2, 0) is 33.4 Å². The Morgan fingerprint density at radius 3 is 2.49 bits per heavy atom. The Morgan fingerprint density at radius 1 is 1.11 bits per heavy atom. The number of likely N-dealkylation sites (tertiary alicyclic amines) is 1. The highest BCUT2D eigenvalue weighted by Crippen LogP contribution is 2.60. The molecular formula is C40H49BrClN3O8. The van der Waals surface area contributed by atoms with Gasteiger partial charge in [0.2, 0.25) is 11.8 Å². The third-order valence-corrected chi connectivity index (χ3v) is 11.4. The van der Waals surface area contributed by atoms with Crippen molar-refractivity contribution >= 4 is 56.9 Å². The molecule has 8 atom stereocenters. The Balaban J connectivity index is 1.51. The maximum Gasteiger partial charge on any atom is 0.313 e. The molecule has 0 radical (unpaired) electrons. The number of benzene rings is 2. The zero-order valence-corrected chi connectivity index (χ0v) is 32.4. The molecule has 2 aromatic carbocycles. The molecule has 2 N–H and O–H groups in total. The highest BCUT2D eigenvalue weighted by molar-refractivity contribution is 9.09. The van der Waals surface area contributed by atoms with E-state index < -0.39 is 47.7 Å². The Morgan fingerprint density at radius 2 is 1.83 bits per heavy atom. The van der Waals surface area contributed by atoms with Crippen molar-refractivity contribution in [1.82, 2.24) is 10.2 Å². The number of nitrogens with zero attached hydrogens (tertiary/aromatic N) is 2. The lowest BCUT2D eigenvalue weighted by Gasteiger charge is -2.37. The van der Waals surface area contributed by atoms with Crippen LogP contribution >= 0.6 is 27.5 Å². The van der Waals surface area contributed by atoms with Gasteiger partial charge < -0.3 is 34.4 Å². The molecule has 1 unspecified atom stereocenters. The van der Waals surface area contributed by atoms with Crippen molar-refractivity contribution < 1.29 is 38.5 Å². The summed E-state index contributed by atoms with van der Waals surface area (Å²) in [4.78, 5) is 59.9. The van der Waals surface area contributed by atoms with Gasteiger partial charge in [0.1, 0.15) is 17.7 Å². The van der Waals surface area contributed by atoms with E-state index in [9.17, 15) is 24.3 Å². The lowest BCUT2D eigenvalue weighted by Crippen LogP contribution is -2.57. The van der Waals surface area contributed by atoms with Crippen LogP contribution in [-0.4, -0.2) is 95.7 Å². The van der Waals surface area contributed by atoms with Crippen LogP contribution in [0.15, 0.2) is 79.9 Å². The Labute approximate surface area is 324 Å². The van der Waals surface area contributed by atoms with E-state index in [4.69, 9.17) is 25.8 Å². The van der Waals surface area contributed by atoms with Crippen molar-refractivity contribution in [1.29, 1.82) is 0 Å². The second-order valence-electron chi connectivity index (χ2n) is 13.8. The van der Waals surface area contributed by atoms with Gasteiger partial charge in [0, 0.05) is 48.8 Å². The molecule has 3 fully saturated rings. The molecule has 2 bridgehead atoms. The number of alkyl halides is 1. The number of fused-ring (bicyclic) bond motifs is 1. The number of unbranched alkanes of at least 4 members (excludes halogenated alkanes) is 3. The van der Waals surface area contributed by atoms with Gasteiger partial charge in [-0.25, -0.2) is 0 Å². The molecule has 0 saturated carbocycles. The standard InChI is InChI=1S/C40H49BrClN3O8/c1-4-6-16-31(47)43-30(25-51-3)34(26-14-10-9-11-15-26)52-39(50)32-33-37(48)45(22-12-7-8-13-23-46)36(40(33)24-29(41)35(32)53-40)38(49)44(21-5-2)28-19-17-27(42)18-20-28/h4-5,9-11,14-15,17-20,29-30,32-36,46H,1-2,6-8,12-13,16,21-25H2,3H3,(H,43,47)/t29?,30-,32+,33-,34-,35+,36+,40-/m1/s1. The summed E-state index contributed by atoms with van der Waals surface area (Å²) in [5, 5.41) is 12.8. The summed E-state index contributed by atoms with van der Waals surface area (Å²) in [7, 11) is 1.50. The van der Waals surface area contributed by atoms with Crippen LogP contribution in [0.25, 0.3) is 0 Å². The van der Waals surface area contributed by atoms with E-state index in [2.05, 4.69) is 34.4 Å². The number of esters is 1. The van der Waals surface area contributed by atoms with Crippen LogP contribution in [0.4, 0.5) is 5.69 Å². The Kier molecular flexibility index (Phi) is 14.3. The van der Waals surface area contributed by atoms with Crippen LogP contribution < -0.4 is 10.2 Å². The monoisotopic (exact) mass is 813 g/mol. The van der Waals surface area contributed by atoms with Gasteiger partial charge in [-0.05, 0) is 55.5 Å². The largest absolute Gasteiger partial charge is 0.455 e. The number of ether oxygens (including phenoxy) is 3. The maximum atomic E-state index is 14.9.